The second kappa shape index (κ2) is 6.29. The van der Waals surface area contributed by atoms with Crippen LogP contribution < -0.4 is 0 Å². The largest absolute Gasteiger partial charge is 0.478 e. The normalized spacial score (nSPS) is 11.9. The average Bonchev–Trinajstić information content (AvgIpc) is 2.27. The highest BCUT2D eigenvalue weighted by Crippen LogP contribution is 2.33. The Kier molecular flexibility index (Phi) is 5.25. The first-order valence-corrected chi connectivity index (χ1v) is 6.42. The second-order valence-corrected chi connectivity index (χ2v) is 5.30. The summed E-state index contributed by atoms with van der Waals surface area (Å²) in [7, 11) is 3.73. The summed E-state index contributed by atoms with van der Waals surface area (Å²) in [4.78, 5) is 13.3. The van der Waals surface area contributed by atoms with Crippen LogP contribution in [0.15, 0.2) is 23.1 Å². The van der Waals surface area contributed by atoms with Crippen LogP contribution in [-0.2, 0) is 6.18 Å². The molecule has 0 heterocycles. The Balaban J connectivity index is 2.96. The molecule has 0 unspecified atom stereocenters. The third kappa shape index (κ3) is 4.76. The van der Waals surface area contributed by atoms with Crippen LogP contribution in [-0.4, -0.2) is 42.4 Å². The molecule has 1 aromatic rings. The number of nitrogens with zero attached hydrogens (tertiary/aromatic N) is 1. The third-order valence-electron chi connectivity index (χ3n) is 2.33. The first-order chi connectivity index (χ1) is 8.71. The zero-order valence-corrected chi connectivity index (χ0v) is 11.3. The molecule has 0 saturated heterocycles. The van der Waals surface area contributed by atoms with Crippen LogP contribution in [0, 0.1) is 0 Å². The van der Waals surface area contributed by atoms with E-state index in [-0.39, 0.29) is 5.56 Å². The van der Waals surface area contributed by atoms with Crippen molar-refractivity contribution in [1.82, 2.24) is 4.90 Å². The van der Waals surface area contributed by atoms with Crippen LogP contribution in [0.25, 0.3) is 0 Å². The van der Waals surface area contributed by atoms with Crippen molar-refractivity contribution >= 4 is 17.7 Å². The number of thioether (sulfide) groups is 1. The van der Waals surface area contributed by atoms with Crippen molar-refractivity contribution < 1.29 is 23.1 Å². The predicted octanol–water partition coefficient (Wildman–Crippen LogP) is 3.06. The molecule has 3 nitrogen and oxygen atoms in total. The standard InChI is InChI=1S/C12H14F3NO2S/c1-16(2)5-6-19-10-4-3-8(12(13,14)15)7-9(10)11(17)18/h3-4,7H,5-6H2,1-2H3,(H,17,18). The van der Waals surface area contributed by atoms with Crippen molar-refractivity contribution in [2.45, 2.75) is 11.1 Å². The molecule has 0 bridgehead atoms. The zero-order chi connectivity index (χ0) is 14.6. The van der Waals surface area contributed by atoms with Crippen molar-refractivity contribution in [1.29, 1.82) is 0 Å². The van der Waals surface area contributed by atoms with Gasteiger partial charge in [0.1, 0.15) is 0 Å². The Labute approximate surface area is 113 Å². The number of aromatic carboxylic acids is 1. The van der Waals surface area contributed by atoms with Gasteiger partial charge < -0.3 is 10.0 Å². The molecule has 0 atom stereocenters. The molecule has 106 valence electrons. The molecule has 1 N–H and O–H groups in total. The summed E-state index contributed by atoms with van der Waals surface area (Å²) in [5.74, 6) is -0.739. The average molecular weight is 293 g/mol. The van der Waals surface area contributed by atoms with Crippen LogP contribution in [0.2, 0.25) is 0 Å². The minimum absolute atomic E-state index is 0.307. The van der Waals surface area contributed by atoms with E-state index < -0.39 is 17.7 Å². The number of carboxylic acids is 1. The Morgan fingerprint density at radius 2 is 2.00 bits per heavy atom. The number of rotatable bonds is 5. The Bertz CT molecular complexity index is 461. The molecule has 1 rings (SSSR count). The van der Waals surface area contributed by atoms with Crippen LogP contribution in [0.4, 0.5) is 13.2 Å². The van der Waals surface area contributed by atoms with E-state index in [4.69, 9.17) is 5.11 Å². The minimum Gasteiger partial charge on any atom is -0.478 e. The van der Waals surface area contributed by atoms with Gasteiger partial charge in [-0.3, -0.25) is 0 Å². The van der Waals surface area contributed by atoms with Crippen molar-refractivity contribution in [3.8, 4) is 0 Å². The third-order valence-corrected chi connectivity index (χ3v) is 3.39. The molecule has 0 aromatic heterocycles. The lowest BCUT2D eigenvalue weighted by atomic mass is 10.1. The van der Waals surface area contributed by atoms with Gasteiger partial charge in [0.2, 0.25) is 0 Å². The van der Waals surface area contributed by atoms with Gasteiger partial charge in [-0.1, -0.05) is 0 Å². The van der Waals surface area contributed by atoms with Gasteiger partial charge in [0.05, 0.1) is 11.1 Å². The Morgan fingerprint density at radius 3 is 2.47 bits per heavy atom. The molecule has 0 aliphatic carbocycles. The number of hydrogen-bond acceptors (Lipinski definition) is 3. The number of benzene rings is 1. The molecule has 7 heteroatoms. The summed E-state index contributed by atoms with van der Waals surface area (Å²) in [6.45, 7) is 0.713. The van der Waals surface area contributed by atoms with Crippen LogP contribution >= 0.6 is 11.8 Å². The van der Waals surface area contributed by atoms with E-state index in [1.54, 1.807) is 0 Å². The summed E-state index contributed by atoms with van der Waals surface area (Å²) in [6.07, 6.45) is -4.53. The fourth-order valence-electron chi connectivity index (χ4n) is 1.34. The smallest absolute Gasteiger partial charge is 0.416 e. The van der Waals surface area contributed by atoms with Gasteiger partial charge in [-0.25, -0.2) is 4.79 Å². The van der Waals surface area contributed by atoms with E-state index >= 15 is 0 Å². The van der Waals surface area contributed by atoms with Crippen LogP contribution in [0.5, 0.6) is 0 Å². The highest BCUT2D eigenvalue weighted by molar-refractivity contribution is 7.99. The predicted molar refractivity (Wildman–Crippen MR) is 67.7 cm³/mol. The molecule has 0 saturated carbocycles. The SMILES string of the molecule is CN(C)CCSc1ccc(C(F)(F)F)cc1C(=O)O. The number of hydrogen-bond donors (Lipinski definition) is 1. The van der Waals surface area contributed by atoms with Gasteiger partial charge in [0.25, 0.3) is 0 Å². The molecule has 0 aliphatic heterocycles. The molecule has 19 heavy (non-hydrogen) atoms. The number of carboxylic acid groups (broad SMARTS) is 1. The lowest BCUT2D eigenvalue weighted by Crippen LogP contribution is -2.15. The number of alkyl halides is 3. The molecule has 0 spiro atoms. The molecule has 0 aliphatic rings. The van der Waals surface area contributed by atoms with E-state index in [9.17, 15) is 18.0 Å². The van der Waals surface area contributed by atoms with Gasteiger partial charge in [0, 0.05) is 17.2 Å². The lowest BCUT2D eigenvalue weighted by molar-refractivity contribution is -0.137. The van der Waals surface area contributed by atoms with Gasteiger partial charge in [0.15, 0.2) is 0 Å². The van der Waals surface area contributed by atoms with E-state index in [0.717, 1.165) is 6.07 Å². The molecule has 0 amide bonds. The first-order valence-electron chi connectivity index (χ1n) is 5.44. The molecule has 1 aromatic carbocycles. The summed E-state index contributed by atoms with van der Waals surface area (Å²) >= 11 is 1.23. The fraction of sp³-hybridized carbons (Fsp3) is 0.417. The summed E-state index contributed by atoms with van der Waals surface area (Å²) in [6, 6.07) is 2.80. The van der Waals surface area contributed by atoms with E-state index in [1.165, 1.54) is 17.8 Å². The molecular weight excluding hydrogens is 279 g/mol. The maximum absolute atomic E-state index is 12.5. The Hall–Kier alpha value is -1.21. The van der Waals surface area contributed by atoms with Gasteiger partial charge in [-0.15, -0.1) is 11.8 Å². The van der Waals surface area contributed by atoms with Gasteiger partial charge >= 0.3 is 12.1 Å². The van der Waals surface area contributed by atoms with Crippen molar-refractivity contribution in [2.75, 3.05) is 26.4 Å². The van der Waals surface area contributed by atoms with Gasteiger partial charge in [-0.05, 0) is 32.3 Å². The summed E-state index contributed by atoms with van der Waals surface area (Å²) in [5, 5.41) is 8.97. The summed E-state index contributed by atoms with van der Waals surface area (Å²) < 4.78 is 37.5. The Morgan fingerprint density at radius 1 is 1.37 bits per heavy atom. The lowest BCUT2D eigenvalue weighted by Gasteiger charge is -2.12. The quantitative estimate of drug-likeness (QED) is 0.847. The molecular formula is C12H14F3NO2S. The van der Waals surface area contributed by atoms with Crippen molar-refractivity contribution in [3.05, 3.63) is 29.3 Å². The minimum atomic E-state index is -4.53. The fourth-order valence-corrected chi connectivity index (χ4v) is 2.48. The van der Waals surface area contributed by atoms with Gasteiger partial charge in [-0.2, -0.15) is 13.2 Å². The monoisotopic (exact) mass is 293 g/mol. The van der Waals surface area contributed by atoms with E-state index in [1.807, 2.05) is 19.0 Å². The van der Waals surface area contributed by atoms with Crippen LogP contribution in [0.3, 0.4) is 0 Å². The number of halogens is 3. The maximum atomic E-state index is 12.5. The van der Waals surface area contributed by atoms with Crippen molar-refractivity contribution in [2.24, 2.45) is 0 Å². The summed E-state index contributed by atoms with van der Waals surface area (Å²) in [5.41, 5.74) is -1.25. The van der Waals surface area contributed by atoms with E-state index in [2.05, 4.69) is 0 Å². The second-order valence-electron chi connectivity index (χ2n) is 4.17. The first kappa shape index (κ1) is 15.8. The highest BCUT2D eigenvalue weighted by Gasteiger charge is 2.31. The molecule has 0 fully saturated rings. The maximum Gasteiger partial charge on any atom is 0.416 e. The zero-order valence-electron chi connectivity index (χ0n) is 10.5. The van der Waals surface area contributed by atoms with E-state index in [0.29, 0.717) is 23.3 Å². The highest BCUT2D eigenvalue weighted by atomic mass is 32.2. The topological polar surface area (TPSA) is 40.5 Å². The van der Waals surface area contributed by atoms with Crippen molar-refractivity contribution in [3.63, 3.8) is 0 Å². The number of carbonyl (C=O) groups is 1. The molecule has 0 radical (unpaired) electrons. The van der Waals surface area contributed by atoms with Crippen LogP contribution in [0.1, 0.15) is 15.9 Å².